The van der Waals surface area contributed by atoms with E-state index in [1.165, 1.54) is 17.1 Å². The number of alkyl halides is 3. The summed E-state index contributed by atoms with van der Waals surface area (Å²) in [6.45, 7) is 9.80. The minimum absolute atomic E-state index is 0.0876. The highest BCUT2D eigenvalue weighted by Crippen LogP contribution is 2.22. The van der Waals surface area contributed by atoms with E-state index in [-0.39, 0.29) is 12.5 Å². The molecule has 204 valence electrons. The number of carboxylic acid groups (broad SMARTS) is 1. The lowest BCUT2D eigenvalue weighted by Crippen LogP contribution is -2.50. The van der Waals surface area contributed by atoms with Crippen LogP contribution in [0.3, 0.4) is 0 Å². The third-order valence-corrected chi connectivity index (χ3v) is 8.05. The van der Waals surface area contributed by atoms with Crippen molar-refractivity contribution in [2.45, 2.75) is 44.2 Å². The number of nitrogens with one attached hydrogen (secondary N) is 1. The molecule has 0 unspecified atom stereocenters. The van der Waals surface area contributed by atoms with Gasteiger partial charge in [0.1, 0.15) is 0 Å². The Labute approximate surface area is 210 Å². The molecular formula is C23H35F3N4O5S. The number of halogens is 3. The number of carbonyl (C=O) groups is 2. The molecule has 2 aliphatic rings. The summed E-state index contributed by atoms with van der Waals surface area (Å²) in [6, 6.07) is 5.47. The lowest BCUT2D eigenvalue weighted by molar-refractivity contribution is -0.192. The molecule has 1 aromatic carbocycles. The molecule has 3 rings (SSSR count). The van der Waals surface area contributed by atoms with Crippen LogP contribution in [0.2, 0.25) is 0 Å². The van der Waals surface area contributed by atoms with E-state index in [9.17, 15) is 26.4 Å². The number of sulfonamides is 1. The fourth-order valence-electron chi connectivity index (χ4n) is 4.05. The second kappa shape index (κ2) is 13.4. The molecular weight excluding hydrogens is 501 g/mol. The fraction of sp³-hybridized carbons (Fsp3) is 0.652. The molecule has 2 aliphatic heterocycles. The maximum Gasteiger partial charge on any atom is 0.490 e. The average Bonchev–Trinajstić information content (AvgIpc) is 3.33. The minimum atomic E-state index is -5.08. The normalized spacial score (nSPS) is 17.1. The van der Waals surface area contributed by atoms with Crippen LogP contribution in [-0.4, -0.2) is 105 Å². The van der Waals surface area contributed by atoms with E-state index in [1.807, 2.05) is 26.0 Å². The zero-order chi connectivity index (χ0) is 26.9. The van der Waals surface area contributed by atoms with Crippen LogP contribution in [0.1, 0.15) is 30.4 Å². The summed E-state index contributed by atoms with van der Waals surface area (Å²) in [5.41, 5.74) is 1.62. The number of carboxylic acids is 1. The summed E-state index contributed by atoms with van der Waals surface area (Å²) >= 11 is 0. The van der Waals surface area contributed by atoms with Crippen molar-refractivity contribution in [3.05, 3.63) is 29.3 Å². The largest absolute Gasteiger partial charge is 0.490 e. The molecule has 1 aromatic rings. The van der Waals surface area contributed by atoms with Crippen LogP contribution in [0.15, 0.2) is 23.1 Å². The molecule has 0 radical (unpaired) electrons. The minimum Gasteiger partial charge on any atom is -0.475 e. The lowest BCUT2D eigenvalue weighted by atomic mass is 10.2. The monoisotopic (exact) mass is 536 g/mol. The van der Waals surface area contributed by atoms with Gasteiger partial charge in [-0.25, -0.2) is 13.2 Å². The SMILES string of the molecule is Cc1ccc(C)c(S(=O)(=O)N(CCCN2CCCC2)CC(=O)N2CCNCC2)c1.O=C(O)C(F)(F)F. The zero-order valence-corrected chi connectivity index (χ0v) is 21.5. The number of carbonyl (C=O) groups excluding carboxylic acids is 1. The van der Waals surface area contributed by atoms with Crippen molar-refractivity contribution in [1.82, 2.24) is 19.4 Å². The number of hydrogen-bond acceptors (Lipinski definition) is 6. The molecule has 2 fully saturated rings. The number of aliphatic carboxylic acids is 1. The van der Waals surface area contributed by atoms with Gasteiger partial charge in [0, 0.05) is 32.7 Å². The molecule has 0 atom stereocenters. The van der Waals surface area contributed by atoms with Gasteiger partial charge in [0.15, 0.2) is 0 Å². The second-order valence-corrected chi connectivity index (χ2v) is 10.8. The van der Waals surface area contributed by atoms with E-state index >= 15 is 0 Å². The fourth-order valence-corrected chi connectivity index (χ4v) is 5.79. The molecule has 0 aromatic heterocycles. The first-order valence-corrected chi connectivity index (χ1v) is 13.3. The number of piperazine rings is 1. The standard InChI is InChI=1S/C21H34N4O3S.C2HF3O2/c1-18-6-7-19(2)20(16-18)29(27,28)25(13-5-12-23-10-3-4-11-23)17-21(26)24-14-8-22-9-15-24;3-2(4,5)1(6)7/h6-7,16,22H,3-5,8-15,17H2,1-2H3;(H,6,7). The van der Waals surface area contributed by atoms with Gasteiger partial charge in [0.25, 0.3) is 0 Å². The van der Waals surface area contributed by atoms with Crippen LogP contribution in [0.5, 0.6) is 0 Å². The molecule has 36 heavy (non-hydrogen) atoms. The van der Waals surface area contributed by atoms with Gasteiger partial charge in [-0.1, -0.05) is 12.1 Å². The average molecular weight is 537 g/mol. The Hall–Kier alpha value is -2.22. The summed E-state index contributed by atoms with van der Waals surface area (Å²) in [5.74, 6) is -2.87. The number of likely N-dealkylation sites (tertiary alicyclic amines) is 1. The molecule has 2 saturated heterocycles. The first-order chi connectivity index (χ1) is 16.8. The number of hydrogen-bond donors (Lipinski definition) is 2. The highest BCUT2D eigenvalue weighted by Gasteiger charge is 2.38. The van der Waals surface area contributed by atoms with Gasteiger partial charge in [0.2, 0.25) is 15.9 Å². The Kier molecular flexibility index (Phi) is 11.1. The molecule has 2 heterocycles. The van der Waals surface area contributed by atoms with Crippen molar-refractivity contribution in [2.24, 2.45) is 0 Å². The Bertz CT molecular complexity index is 992. The number of nitrogens with zero attached hydrogens (tertiary/aromatic N) is 3. The molecule has 0 bridgehead atoms. The summed E-state index contributed by atoms with van der Waals surface area (Å²) in [7, 11) is -3.73. The summed E-state index contributed by atoms with van der Waals surface area (Å²) in [4.78, 5) is 26.2. The van der Waals surface area contributed by atoms with Crippen molar-refractivity contribution in [3.8, 4) is 0 Å². The van der Waals surface area contributed by atoms with Crippen LogP contribution in [0.25, 0.3) is 0 Å². The summed E-state index contributed by atoms with van der Waals surface area (Å²) in [5, 5.41) is 10.4. The molecule has 2 N–H and O–H groups in total. The van der Waals surface area contributed by atoms with Crippen LogP contribution in [0, 0.1) is 13.8 Å². The first-order valence-electron chi connectivity index (χ1n) is 11.9. The van der Waals surface area contributed by atoms with Gasteiger partial charge < -0.3 is 20.2 Å². The molecule has 0 spiro atoms. The quantitative estimate of drug-likeness (QED) is 0.522. The van der Waals surface area contributed by atoms with E-state index in [1.54, 1.807) is 11.0 Å². The predicted octanol–water partition coefficient (Wildman–Crippen LogP) is 1.85. The van der Waals surface area contributed by atoms with Gasteiger partial charge in [-0.3, -0.25) is 4.79 Å². The maximum absolute atomic E-state index is 13.5. The van der Waals surface area contributed by atoms with E-state index in [0.29, 0.717) is 24.5 Å². The van der Waals surface area contributed by atoms with Crippen molar-refractivity contribution in [2.75, 3.05) is 58.9 Å². The molecule has 13 heteroatoms. The van der Waals surface area contributed by atoms with Gasteiger partial charge in [0.05, 0.1) is 11.4 Å². The molecule has 9 nitrogen and oxygen atoms in total. The Balaban J connectivity index is 0.000000572. The highest BCUT2D eigenvalue weighted by molar-refractivity contribution is 7.89. The number of rotatable bonds is 8. The molecule has 0 saturated carbocycles. The number of amides is 1. The van der Waals surface area contributed by atoms with E-state index in [4.69, 9.17) is 9.90 Å². The van der Waals surface area contributed by atoms with Crippen LogP contribution in [0.4, 0.5) is 13.2 Å². The Morgan fingerprint density at radius 2 is 1.67 bits per heavy atom. The summed E-state index contributed by atoms with van der Waals surface area (Å²) < 4.78 is 60.1. The Morgan fingerprint density at radius 1 is 1.08 bits per heavy atom. The highest BCUT2D eigenvalue weighted by atomic mass is 32.2. The maximum atomic E-state index is 13.5. The Morgan fingerprint density at radius 3 is 2.22 bits per heavy atom. The van der Waals surface area contributed by atoms with Gasteiger partial charge in [-0.15, -0.1) is 0 Å². The first kappa shape index (κ1) is 30.0. The number of aryl methyl sites for hydroxylation is 2. The number of benzene rings is 1. The van der Waals surface area contributed by atoms with Crippen LogP contribution in [-0.2, 0) is 19.6 Å². The third kappa shape index (κ3) is 9.02. The van der Waals surface area contributed by atoms with Crippen molar-refractivity contribution in [3.63, 3.8) is 0 Å². The predicted molar refractivity (Wildman–Crippen MR) is 128 cm³/mol. The van der Waals surface area contributed by atoms with E-state index < -0.39 is 22.2 Å². The smallest absolute Gasteiger partial charge is 0.475 e. The van der Waals surface area contributed by atoms with Gasteiger partial charge in [-0.2, -0.15) is 17.5 Å². The molecule has 0 aliphatic carbocycles. The van der Waals surface area contributed by atoms with Crippen LogP contribution >= 0.6 is 0 Å². The van der Waals surface area contributed by atoms with Crippen molar-refractivity contribution >= 4 is 21.9 Å². The third-order valence-electron chi connectivity index (χ3n) is 6.07. The zero-order valence-electron chi connectivity index (χ0n) is 20.7. The molecule has 1 amide bonds. The second-order valence-electron chi connectivity index (χ2n) is 8.94. The topological polar surface area (TPSA) is 110 Å². The van der Waals surface area contributed by atoms with Crippen molar-refractivity contribution < 1.29 is 36.3 Å². The van der Waals surface area contributed by atoms with E-state index in [0.717, 1.165) is 50.3 Å². The van der Waals surface area contributed by atoms with Gasteiger partial charge >= 0.3 is 12.1 Å². The summed E-state index contributed by atoms with van der Waals surface area (Å²) in [6.07, 6.45) is -1.92. The lowest BCUT2D eigenvalue weighted by Gasteiger charge is -2.30. The van der Waals surface area contributed by atoms with E-state index in [2.05, 4.69) is 10.2 Å². The van der Waals surface area contributed by atoms with Crippen molar-refractivity contribution in [1.29, 1.82) is 0 Å². The van der Waals surface area contributed by atoms with Gasteiger partial charge in [-0.05, 0) is 69.9 Å². The van der Waals surface area contributed by atoms with Crippen LogP contribution < -0.4 is 5.32 Å².